The van der Waals surface area contributed by atoms with E-state index < -0.39 is 19.1 Å². The fraction of sp³-hybridized carbons (Fsp3) is 0.632. The molecule has 7 rings (SSSR count). The molecule has 14 heteroatoms. The normalized spacial score (nSPS) is 19.0. The summed E-state index contributed by atoms with van der Waals surface area (Å²) < 4.78 is 66.2. The van der Waals surface area contributed by atoms with Gasteiger partial charge in [0.15, 0.2) is 0 Å². The minimum absolute atomic E-state index is 0.0906. The van der Waals surface area contributed by atoms with Crippen molar-refractivity contribution >= 4 is 51.8 Å². The molecule has 4 aromatic rings. The molecule has 52 heavy (non-hydrogen) atoms. The Morgan fingerprint density at radius 2 is 1.08 bits per heavy atom. The largest absolute Gasteiger partial charge is 0.381 e. The number of aromatic nitrogens is 4. The summed E-state index contributed by atoms with van der Waals surface area (Å²) in [5.74, 6) is 3.10. The minimum atomic E-state index is -3.75. The van der Waals surface area contributed by atoms with E-state index in [0.717, 1.165) is 106 Å². The quantitative estimate of drug-likeness (QED) is 0.180. The second kappa shape index (κ2) is 15.3. The van der Waals surface area contributed by atoms with Crippen molar-refractivity contribution in [3.63, 3.8) is 0 Å². The Morgan fingerprint density at radius 1 is 0.673 bits per heavy atom. The molecule has 0 radical (unpaired) electrons. The van der Waals surface area contributed by atoms with E-state index in [9.17, 15) is 16.8 Å². The second-order valence-corrected chi connectivity index (χ2v) is 21.1. The van der Waals surface area contributed by atoms with Crippen LogP contribution in [0.3, 0.4) is 0 Å². The number of nitrogens with zero attached hydrogens (tertiary/aromatic N) is 5. The predicted molar refractivity (Wildman–Crippen MR) is 205 cm³/mol. The zero-order valence-electron chi connectivity index (χ0n) is 31.4. The highest BCUT2D eigenvalue weighted by Gasteiger charge is 2.30. The molecule has 286 valence electrons. The van der Waals surface area contributed by atoms with Gasteiger partial charge in [-0.3, -0.25) is 0 Å². The summed E-state index contributed by atoms with van der Waals surface area (Å²) in [5, 5.41) is 0. The number of imidazole rings is 2. The molecule has 0 atom stereocenters. The van der Waals surface area contributed by atoms with Gasteiger partial charge in [0.25, 0.3) is 9.05 Å². The standard InChI is InChI=1S/C21H31N3O3S.C17H23ClN2O3S/c1-21(2,3)20-22-18-14-17(28(25,26)23-10-4-5-11-23)6-7-19(18)24(20)15-16-8-12-27-13-9-16;1-17(2,3)16-19-14-10-13(24(18,21)22)4-5-15(14)20(16)11-12-6-8-23-9-7-12/h6-7,14,16H,4-5,8-13,15H2,1-3H3;4-5,10,12H,6-9,11H2,1-3H3. The van der Waals surface area contributed by atoms with E-state index in [4.69, 9.17) is 30.1 Å². The molecule has 0 saturated carbocycles. The number of hydrogen-bond acceptors (Lipinski definition) is 8. The van der Waals surface area contributed by atoms with Crippen molar-refractivity contribution in [3.8, 4) is 0 Å². The van der Waals surface area contributed by atoms with Gasteiger partial charge in [0, 0.05) is 74.1 Å². The molecule has 0 N–H and O–H groups in total. The van der Waals surface area contributed by atoms with Gasteiger partial charge in [-0.1, -0.05) is 41.5 Å². The summed E-state index contributed by atoms with van der Waals surface area (Å²) in [7, 11) is -1.71. The molecule has 11 nitrogen and oxygen atoms in total. The van der Waals surface area contributed by atoms with Gasteiger partial charge < -0.3 is 18.6 Å². The first-order valence-electron chi connectivity index (χ1n) is 18.5. The Kier molecular flexibility index (Phi) is 11.5. The van der Waals surface area contributed by atoms with Crippen molar-refractivity contribution in [3.05, 3.63) is 48.0 Å². The Labute approximate surface area is 313 Å². The number of sulfonamides is 1. The van der Waals surface area contributed by atoms with Crippen LogP contribution in [0.25, 0.3) is 22.1 Å². The van der Waals surface area contributed by atoms with E-state index in [1.165, 1.54) is 0 Å². The van der Waals surface area contributed by atoms with Crippen LogP contribution in [0.4, 0.5) is 0 Å². The number of halogens is 1. The van der Waals surface area contributed by atoms with Crippen LogP contribution in [0.1, 0.15) is 91.7 Å². The minimum Gasteiger partial charge on any atom is -0.381 e. The van der Waals surface area contributed by atoms with Crippen LogP contribution in [0.5, 0.6) is 0 Å². The van der Waals surface area contributed by atoms with Gasteiger partial charge in [-0.15, -0.1) is 0 Å². The molecule has 0 bridgehead atoms. The first-order chi connectivity index (χ1) is 24.4. The van der Waals surface area contributed by atoms with Crippen molar-refractivity contribution < 1.29 is 26.3 Å². The summed E-state index contributed by atoms with van der Waals surface area (Å²) in [6.07, 6.45) is 6.08. The molecule has 0 spiro atoms. The highest BCUT2D eigenvalue weighted by Crippen LogP contribution is 2.33. The molecule has 3 fully saturated rings. The zero-order valence-corrected chi connectivity index (χ0v) is 33.8. The summed E-state index contributed by atoms with van der Waals surface area (Å²) >= 11 is 0. The molecule has 5 heterocycles. The molecule has 0 amide bonds. The van der Waals surface area contributed by atoms with Gasteiger partial charge in [-0.2, -0.15) is 4.31 Å². The van der Waals surface area contributed by atoms with Crippen molar-refractivity contribution in [1.29, 1.82) is 0 Å². The maximum Gasteiger partial charge on any atom is 0.261 e. The van der Waals surface area contributed by atoms with Crippen LogP contribution in [0, 0.1) is 11.8 Å². The monoisotopic (exact) mass is 775 g/mol. The molecule has 0 unspecified atom stereocenters. The lowest BCUT2D eigenvalue weighted by Crippen LogP contribution is -2.27. The lowest BCUT2D eigenvalue weighted by Gasteiger charge is -2.26. The third-order valence-corrected chi connectivity index (χ3v) is 13.6. The summed E-state index contributed by atoms with van der Waals surface area (Å²) in [6.45, 7) is 19.1. The van der Waals surface area contributed by atoms with Gasteiger partial charge in [0.05, 0.1) is 31.9 Å². The number of benzene rings is 2. The van der Waals surface area contributed by atoms with Crippen molar-refractivity contribution in [2.75, 3.05) is 39.5 Å². The average Bonchev–Trinajstić information content (AvgIpc) is 3.84. The van der Waals surface area contributed by atoms with E-state index in [-0.39, 0.29) is 15.7 Å². The predicted octanol–water partition coefficient (Wildman–Crippen LogP) is 7.23. The lowest BCUT2D eigenvalue weighted by molar-refractivity contribution is 0.0610. The molecule has 3 saturated heterocycles. The highest BCUT2D eigenvalue weighted by atomic mass is 35.7. The van der Waals surface area contributed by atoms with E-state index in [2.05, 4.69) is 50.7 Å². The van der Waals surface area contributed by atoms with Crippen LogP contribution in [0.2, 0.25) is 0 Å². The Balaban J connectivity index is 0.000000181. The molecule has 2 aromatic heterocycles. The third-order valence-electron chi connectivity index (χ3n) is 10.3. The number of hydrogen-bond donors (Lipinski definition) is 0. The molecule has 0 aliphatic carbocycles. The van der Waals surface area contributed by atoms with Gasteiger partial charge in [-0.05, 0) is 86.8 Å². The van der Waals surface area contributed by atoms with Gasteiger partial charge in [-0.25, -0.2) is 26.8 Å². The van der Waals surface area contributed by atoms with Crippen LogP contribution < -0.4 is 0 Å². The van der Waals surface area contributed by atoms with Crippen molar-refractivity contribution in [2.45, 2.75) is 114 Å². The average molecular weight is 776 g/mol. The number of ether oxygens (including phenoxy) is 2. The summed E-state index contributed by atoms with van der Waals surface area (Å²) in [4.78, 5) is 10.1. The molecule has 3 aliphatic rings. The maximum absolute atomic E-state index is 13.0. The van der Waals surface area contributed by atoms with Crippen LogP contribution >= 0.6 is 10.7 Å². The number of fused-ring (bicyclic) bond motifs is 2. The molecule has 2 aromatic carbocycles. The van der Waals surface area contributed by atoms with E-state index in [0.29, 0.717) is 35.3 Å². The van der Waals surface area contributed by atoms with Crippen LogP contribution in [-0.4, -0.2) is 79.8 Å². The fourth-order valence-corrected chi connectivity index (χ4v) is 9.81. The molecular weight excluding hydrogens is 722 g/mol. The third kappa shape index (κ3) is 8.70. The van der Waals surface area contributed by atoms with Gasteiger partial charge >= 0.3 is 0 Å². The van der Waals surface area contributed by atoms with Gasteiger partial charge in [0.1, 0.15) is 11.6 Å². The molecule has 3 aliphatic heterocycles. The van der Waals surface area contributed by atoms with E-state index in [1.807, 2.05) is 12.1 Å². The maximum atomic E-state index is 13.0. The second-order valence-electron chi connectivity index (χ2n) is 16.6. The van der Waals surface area contributed by atoms with Crippen LogP contribution in [0.15, 0.2) is 46.2 Å². The van der Waals surface area contributed by atoms with Gasteiger partial charge in [0.2, 0.25) is 10.0 Å². The SMILES string of the molecule is CC(C)(C)c1nc2cc(S(=O)(=O)Cl)ccc2n1CC1CCOCC1.CC(C)(C)c1nc2cc(S(=O)(=O)N3CCCC3)ccc2n1CC1CCOCC1. The topological polar surface area (TPSA) is 126 Å². The zero-order chi connectivity index (χ0) is 37.5. The van der Waals surface area contributed by atoms with Crippen molar-refractivity contribution in [2.24, 2.45) is 11.8 Å². The molecular formula is C38H54ClN5O6S2. The summed E-state index contributed by atoms with van der Waals surface area (Å²) in [6, 6.07) is 10.4. The first-order valence-corrected chi connectivity index (χ1v) is 22.3. The van der Waals surface area contributed by atoms with Crippen LogP contribution in [-0.2, 0) is 52.5 Å². The van der Waals surface area contributed by atoms with E-state index in [1.54, 1.807) is 28.6 Å². The smallest absolute Gasteiger partial charge is 0.261 e. The summed E-state index contributed by atoms with van der Waals surface area (Å²) in [5.41, 5.74) is 3.18. The Morgan fingerprint density at radius 3 is 1.48 bits per heavy atom. The van der Waals surface area contributed by atoms with Crippen molar-refractivity contribution in [1.82, 2.24) is 23.4 Å². The van der Waals surface area contributed by atoms with E-state index >= 15 is 0 Å². The number of rotatable bonds is 7. The lowest BCUT2D eigenvalue weighted by atomic mass is 9.94. The Hall–Kier alpha value is -2.55. The highest BCUT2D eigenvalue weighted by molar-refractivity contribution is 8.13. The first kappa shape index (κ1) is 39.2. The Bertz CT molecular complexity index is 2100. The fourth-order valence-electron chi connectivity index (χ4n) is 7.50.